The maximum atomic E-state index is 14.0. The lowest BCUT2D eigenvalue weighted by molar-refractivity contribution is 0.103. The molecule has 0 amide bonds. The van der Waals surface area contributed by atoms with E-state index in [2.05, 4.69) is 38.5 Å². The van der Waals surface area contributed by atoms with E-state index in [0.717, 1.165) is 9.13 Å². The second-order valence-electron chi connectivity index (χ2n) is 3.99. The third kappa shape index (κ3) is 2.85. The summed E-state index contributed by atoms with van der Waals surface area (Å²) in [7, 11) is 0. The monoisotopic (exact) mass is 452 g/mol. The van der Waals surface area contributed by atoms with Gasteiger partial charge < -0.3 is 0 Å². The molecule has 0 aliphatic heterocycles. The molecule has 0 aliphatic carbocycles. The summed E-state index contributed by atoms with van der Waals surface area (Å²) < 4.78 is 15.3. The number of hydrogen-bond acceptors (Lipinski definition) is 1. The van der Waals surface area contributed by atoms with Crippen LogP contribution in [0.3, 0.4) is 0 Å². The number of benzene rings is 2. The van der Waals surface area contributed by atoms with Crippen molar-refractivity contribution in [2.75, 3.05) is 0 Å². The molecule has 0 N–H and O–H groups in total. The lowest BCUT2D eigenvalue weighted by atomic mass is 10.0. The molecule has 0 bridgehead atoms. The fourth-order valence-electron chi connectivity index (χ4n) is 1.67. The number of ketones is 1. The molecule has 0 saturated carbocycles. The van der Waals surface area contributed by atoms with E-state index < -0.39 is 5.82 Å². The molecule has 0 atom stereocenters. The van der Waals surface area contributed by atoms with Crippen LogP contribution in [0.15, 0.2) is 34.8 Å². The third-order valence-corrected chi connectivity index (χ3v) is 5.41. The average molecular weight is 453 g/mol. The second kappa shape index (κ2) is 5.89. The quantitative estimate of drug-likeness (QED) is 0.339. The Morgan fingerprint density at radius 2 is 1.95 bits per heavy atom. The minimum atomic E-state index is -0.696. The smallest absolute Gasteiger partial charge is 0.197 e. The molecule has 0 radical (unpaired) electrons. The summed E-state index contributed by atoms with van der Waals surface area (Å²) in [6.07, 6.45) is 0. The zero-order valence-electron chi connectivity index (χ0n) is 9.81. The van der Waals surface area contributed by atoms with E-state index in [9.17, 15) is 9.18 Å². The molecule has 0 aromatic heterocycles. The van der Waals surface area contributed by atoms with Crippen molar-refractivity contribution < 1.29 is 9.18 Å². The van der Waals surface area contributed by atoms with Gasteiger partial charge in [-0.2, -0.15) is 0 Å². The van der Waals surface area contributed by atoms with Gasteiger partial charge in [0.2, 0.25) is 0 Å². The molecule has 2 aromatic carbocycles. The van der Waals surface area contributed by atoms with Crippen LogP contribution in [-0.4, -0.2) is 5.78 Å². The number of hydrogen-bond donors (Lipinski definition) is 0. The van der Waals surface area contributed by atoms with E-state index in [0.29, 0.717) is 10.0 Å². The van der Waals surface area contributed by atoms with Gasteiger partial charge in [0, 0.05) is 13.6 Å². The van der Waals surface area contributed by atoms with Crippen molar-refractivity contribution in [3.63, 3.8) is 0 Å². The van der Waals surface area contributed by atoms with E-state index in [1.54, 1.807) is 18.2 Å². The van der Waals surface area contributed by atoms with Gasteiger partial charge in [-0.15, -0.1) is 0 Å². The van der Waals surface area contributed by atoms with Crippen LogP contribution in [0.5, 0.6) is 0 Å². The normalized spacial score (nSPS) is 10.6. The molecular weight excluding hydrogens is 445 g/mol. The van der Waals surface area contributed by atoms with Gasteiger partial charge in [0.25, 0.3) is 0 Å². The van der Waals surface area contributed by atoms with E-state index in [1.165, 1.54) is 6.07 Å². The van der Waals surface area contributed by atoms with E-state index in [-0.39, 0.29) is 16.4 Å². The first-order chi connectivity index (χ1) is 8.93. The van der Waals surface area contributed by atoms with Crippen LogP contribution >= 0.6 is 50.1 Å². The molecule has 0 spiro atoms. The molecule has 98 valence electrons. The first-order valence-corrected chi connectivity index (χ1v) is 7.61. The Labute approximate surface area is 137 Å². The Bertz CT molecular complexity index is 673. The summed E-state index contributed by atoms with van der Waals surface area (Å²) in [5.41, 5.74) is 1.45. The number of rotatable bonds is 2. The Hall–Kier alpha value is -0.460. The molecule has 0 fully saturated rings. The molecule has 0 unspecified atom stereocenters. The first kappa shape index (κ1) is 14.9. The Balaban J connectivity index is 2.57. The van der Waals surface area contributed by atoms with Crippen LogP contribution in [0.25, 0.3) is 0 Å². The van der Waals surface area contributed by atoms with Gasteiger partial charge >= 0.3 is 0 Å². The van der Waals surface area contributed by atoms with Crippen molar-refractivity contribution in [2.45, 2.75) is 6.92 Å². The maximum Gasteiger partial charge on any atom is 0.197 e. The van der Waals surface area contributed by atoms with Gasteiger partial charge in [0.05, 0.1) is 10.6 Å². The lowest BCUT2D eigenvalue weighted by Crippen LogP contribution is -2.07. The van der Waals surface area contributed by atoms with E-state index in [4.69, 9.17) is 11.6 Å². The molecular formula is C14H8BrClFIO. The fourth-order valence-corrected chi connectivity index (χ4v) is 2.74. The molecule has 1 nitrogen and oxygen atoms in total. The van der Waals surface area contributed by atoms with Crippen LogP contribution in [-0.2, 0) is 0 Å². The van der Waals surface area contributed by atoms with Crippen molar-refractivity contribution in [3.8, 4) is 0 Å². The second-order valence-corrected chi connectivity index (χ2v) is 6.30. The standard InChI is InChI=1S/C14H8BrClFIO/c1-7-3-2-4-9(13(7)18)14(19)8-5-6-10(15)11(16)12(8)17/h2-6H,1H3. The maximum absolute atomic E-state index is 14.0. The van der Waals surface area contributed by atoms with Gasteiger partial charge in [0.15, 0.2) is 11.6 Å². The molecule has 5 heteroatoms. The van der Waals surface area contributed by atoms with Gasteiger partial charge in [-0.1, -0.05) is 23.7 Å². The molecule has 0 aliphatic rings. The largest absolute Gasteiger partial charge is 0.288 e. The first-order valence-electron chi connectivity index (χ1n) is 5.36. The SMILES string of the molecule is Cc1cccc(C(=O)c2ccc(Br)c(Cl)c2F)c1I. The minimum absolute atomic E-state index is 0.0169. The topological polar surface area (TPSA) is 17.1 Å². The lowest BCUT2D eigenvalue weighted by Gasteiger charge is -2.08. The predicted molar refractivity (Wildman–Crippen MR) is 86.4 cm³/mol. The number of halogens is 4. The predicted octanol–water partition coefficient (Wildman–Crippen LogP) is 5.39. The van der Waals surface area contributed by atoms with Gasteiger partial charge in [0.1, 0.15) is 0 Å². The van der Waals surface area contributed by atoms with Gasteiger partial charge in [-0.3, -0.25) is 4.79 Å². The van der Waals surface area contributed by atoms with Crippen LogP contribution in [0.1, 0.15) is 21.5 Å². The van der Waals surface area contributed by atoms with Crippen LogP contribution in [0.2, 0.25) is 5.02 Å². The van der Waals surface area contributed by atoms with Crippen molar-refractivity contribution in [1.82, 2.24) is 0 Å². The summed E-state index contributed by atoms with van der Waals surface area (Å²) in [5.74, 6) is -1.06. The highest BCUT2D eigenvalue weighted by atomic mass is 127. The van der Waals surface area contributed by atoms with E-state index >= 15 is 0 Å². The van der Waals surface area contributed by atoms with Gasteiger partial charge in [-0.25, -0.2) is 4.39 Å². The summed E-state index contributed by atoms with van der Waals surface area (Å²) in [5, 5.41) is -0.0755. The molecule has 2 rings (SSSR count). The van der Waals surface area contributed by atoms with Crippen molar-refractivity contribution in [2.24, 2.45) is 0 Å². The zero-order chi connectivity index (χ0) is 14.2. The molecule has 2 aromatic rings. The van der Waals surface area contributed by atoms with Crippen LogP contribution in [0, 0.1) is 16.3 Å². The summed E-state index contributed by atoms with van der Waals surface area (Å²) in [6, 6.07) is 8.38. The average Bonchev–Trinajstić information content (AvgIpc) is 2.39. The Morgan fingerprint density at radius 3 is 2.63 bits per heavy atom. The molecule has 19 heavy (non-hydrogen) atoms. The number of carbonyl (C=O) groups is 1. The number of aryl methyl sites for hydroxylation is 1. The van der Waals surface area contributed by atoms with Crippen LogP contribution in [0.4, 0.5) is 4.39 Å². The van der Waals surface area contributed by atoms with Crippen molar-refractivity contribution >= 4 is 55.9 Å². The van der Waals surface area contributed by atoms with Gasteiger partial charge in [-0.05, 0) is 69.2 Å². The zero-order valence-corrected chi connectivity index (χ0v) is 14.3. The highest BCUT2D eigenvalue weighted by Gasteiger charge is 2.20. The summed E-state index contributed by atoms with van der Waals surface area (Å²) in [6.45, 7) is 1.91. The van der Waals surface area contributed by atoms with Crippen molar-refractivity contribution in [3.05, 3.63) is 65.9 Å². The Morgan fingerprint density at radius 1 is 1.26 bits per heavy atom. The highest BCUT2D eigenvalue weighted by molar-refractivity contribution is 14.1. The number of carbonyl (C=O) groups excluding carboxylic acids is 1. The van der Waals surface area contributed by atoms with Crippen LogP contribution < -0.4 is 0 Å². The summed E-state index contributed by atoms with van der Waals surface area (Å²) in [4.78, 5) is 12.4. The van der Waals surface area contributed by atoms with Crippen molar-refractivity contribution in [1.29, 1.82) is 0 Å². The highest BCUT2D eigenvalue weighted by Crippen LogP contribution is 2.29. The summed E-state index contributed by atoms with van der Waals surface area (Å²) >= 11 is 11.0. The fraction of sp³-hybridized carbons (Fsp3) is 0.0714. The minimum Gasteiger partial charge on any atom is -0.288 e. The third-order valence-electron chi connectivity index (χ3n) is 2.72. The molecule has 0 saturated heterocycles. The Kier molecular flexibility index (Phi) is 4.63. The molecule has 0 heterocycles. The van der Waals surface area contributed by atoms with E-state index in [1.807, 2.05) is 13.0 Å².